The minimum atomic E-state index is -0.716. The number of carbonyl (C=O) groups excluding carboxylic acids is 3. The van der Waals surface area contributed by atoms with Crippen LogP contribution < -0.4 is 16.4 Å². The Labute approximate surface area is 135 Å². The molecule has 1 aromatic heterocycles. The molecule has 7 nitrogen and oxygen atoms in total. The molecule has 0 saturated heterocycles. The lowest BCUT2D eigenvalue weighted by Crippen LogP contribution is -2.18. The van der Waals surface area contributed by atoms with Crippen molar-refractivity contribution in [2.24, 2.45) is 5.73 Å². The quantitative estimate of drug-likeness (QED) is 0.789. The summed E-state index contributed by atoms with van der Waals surface area (Å²) in [5.41, 5.74) is 7.07. The van der Waals surface area contributed by atoms with Crippen molar-refractivity contribution < 1.29 is 14.4 Å². The summed E-state index contributed by atoms with van der Waals surface area (Å²) in [7, 11) is 1.66. The molecule has 0 spiro atoms. The highest BCUT2D eigenvalue weighted by Crippen LogP contribution is 2.30. The standard InChI is InChI=1S/C15H14N4O3S/c1-17-15-18-11(12(16)21)14(23-15)19-13(22)9-4-2-3-8-7(9)5-6-10(8)20/h2-4H,5-6H2,1H3,(H2,16,21)(H,17,18)(H,19,22). The van der Waals surface area contributed by atoms with Gasteiger partial charge in [0.2, 0.25) is 0 Å². The number of primary amides is 1. The van der Waals surface area contributed by atoms with E-state index in [2.05, 4.69) is 15.6 Å². The summed E-state index contributed by atoms with van der Waals surface area (Å²) in [5, 5.41) is 6.24. The Bertz CT molecular complexity index is 828. The third-order valence-electron chi connectivity index (χ3n) is 3.62. The van der Waals surface area contributed by atoms with E-state index in [-0.39, 0.29) is 22.4 Å². The number of nitrogens with two attached hydrogens (primary N) is 1. The van der Waals surface area contributed by atoms with Gasteiger partial charge in [-0.1, -0.05) is 23.5 Å². The fourth-order valence-corrected chi connectivity index (χ4v) is 3.37. The lowest BCUT2D eigenvalue weighted by molar-refractivity contribution is 0.0987. The third-order valence-corrected chi connectivity index (χ3v) is 4.61. The molecular weight excluding hydrogens is 316 g/mol. The Hall–Kier alpha value is -2.74. The number of anilines is 2. The number of hydrogen-bond acceptors (Lipinski definition) is 6. The van der Waals surface area contributed by atoms with Gasteiger partial charge in [0.05, 0.1) is 0 Å². The summed E-state index contributed by atoms with van der Waals surface area (Å²) >= 11 is 1.12. The highest BCUT2D eigenvalue weighted by Gasteiger charge is 2.25. The Morgan fingerprint density at radius 2 is 2.09 bits per heavy atom. The number of Topliss-reactive ketones (excluding diaryl/α,β-unsaturated/α-hetero) is 1. The molecule has 0 radical (unpaired) electrons. The van der Waals surface area contributed by atoms with Crippen molar-refractivity contribution in [2.75, 3.05) is 17.7 Å². The molecule has 1 heterocycles. The second-order valence-electron chi connectivity index (χ2n) is 5.02. The number of hydrogen-bond donors (Lipinski definition) is 3. The Balaban J connectivity index is 1.93. The Morgan fingerprint density at radius 1 is 1.30 bits per heavy atom. The van der Waals surface area contributed by atoms with Crippen molar-refractivity contribution in [3.63, 3.8) is 0 Å². The van der Waals surface area contributed by atoms with E-state index in [0.717, 1.165) is 16.9 Å². The minimum absolute atomic E-state index is 0.0105. The average Bonchev–Trinajstić information content (AvgIpc) is 3.11. The predicted molar refractivity (Wildman–Crippen MR) is 87.2 cm³/mol. The number of ketones is 1. The summed E-state index contributed by atoms with van der Waals surface area (Å²) in [6.45, 7) is 0. The zero-order valence-electron chi connectivity index (χ0n) is 12.3. The van der Waals surface area contributed by atoms with Crippen LogP contribution >= 0.6 is 11.3 Å². The molecule has 3 rings (SSSR count). The fraction of sp³-hybridized carbons (Fsp3) is 0.200. The molecule has 2 aromatic rings. The Morgan fingerprint density at radius 3 is 2.78 bits per heavy atom. The normalized spacial score (nSPS) is 12.8. The van der Waals surface area contributed by atoms with E-state index >= 15 is 0 Å². The first-order valence-electron chi connectivity index (χ1n) is 6.96. The van der Waals surface area contributed by atoms with Gasteiger partial charge in [-0.3, -0.25) is 14.4 Å². The molecule has 118 valence electrons. The van der Waals surface area contributed by atoms with Crippen LogP contribution in [0.3, 0.4) is 0 Å². The SMILES string of the molecule is CNc1nc(C(N)=O)c(NC(=O)c2cccc3c2CCC3=O)s1. The van der Waals surface area contributed by atoms with Gasteiger partial charge in [0, 0.05) is 24.6 Å². The van der Waals surface area contributed by atoms with Crippen molar-refractivity contribution in [1.29, 1.82) is 0 Å². The van der Waals surface area contributed by atoms with Gasteiger partial charge in [-0.05, 0) is 18.1 Å². The number of thiazole rings is 1. The van der Waals surface area contributed by atoms with Gasteiger partial charge in [-0.2, -0.15) is 0 Å². The topological polar surface area (TPSA) is 114 Å². The summed E-state index contributed by atoms with van der Waals surface area (Å²) in [5.74, 6) is -1.06. The summed E-state index contributed by atoms with van der Waals surface area (Å²) < 4.78 is 0. The molecule has 1 aliphatic carbocycles. The maximum Gasteiger partial charge on any atom is 0.270 e. The van der Waals surface area contributed by atoms with Gasteiger partial charge in [0.1, 0.15) is 5.00 Å². The molecule has 1 aliphatic rings. The number of nitrogens with zero attached hydrogens (tertiary/aromatic N) is 1. The van der Waals surface area contributed by atoms with Crippen molar-refractivity contribution in [3.05, 3.63) is 40.6 Å². The van der Waals surface area contributed by atoms with Crippen molar-refractivity contribution >= 4 is 39.1 Å². The second kappa shape index (κ2) is 5.81. The molecule has 1 aromatic carbocycles. The molecule has 8 heteroatoms. The first-order chi connectivity index (χ1) is 11.0. The van der Waals surface area contributed by atoms with Crippen LogP contribution in [0.25, 0.3) is 0 Å². The monoisotopic (exact) mass is 330 g/mol. The number of benzene rings is 1. The highest BCUT2D eigenvalue weighted by molar-refractivity contribution is 7.20. The molecule has 0 saturated carbocycles. The average molecular weight is 330 g/mol. The van der Waals surface area contributed by atoms with Crippen LogP contribution in [-0.4, -0.2) is 29.6 Å². The maximum atomic E-state index is 12.5. The van der Waals surface area contributed by atoms with Crippen molar-refractivity contribution in [3.8, 4) is 0 Å². The van der Waals surface area contributed by atoms with Gasteiger partial charge in [-0.15, -0.1) is 0 Å². The van der Waals surface area contributed by atoms with Crippen LogP contribution in [0, 0.1) is 0 Å². The number of carbonyl (C=O) groups is 3. The van der Waals surface area contributed by atoms with Crippen LogP contribution in [0.4, 0.5) is 10.1 Å². The second-order valence-corrected chi connectivity index (χ2v) is 6.02. The first-order valence-corrected chi connectivity index (χ1v) is 7.77. The van der Waals surface area contributed by atoms with E-state index in [1.54, 1.807) is 25.2 Å². The zero-order valence-corrected chi connectivity index (χ0v) is 13.1. The summed E-state index contributed by atoms with van der Waals surface area (Å²) in [6.07, 6.45) is 0.960. The number of nitrogens with one attached hydrogen (secondary N) is 2. The lowest BCUT2D eigenvalue weighted by atomic mass is 10.0. The summed E-state index contributed by atoms with van der Waals surface area (Å²) in [4.78, 5) is 39.8. The smallest absolute Gasteiger partial charge is 0.270 e. The number of aromatic nitrogens is 1. The van der Waals surface area contributed by atoms with E-state index in [1.807, 2.05) is 0 Å². The molecule has 23 heavy (non-hydrogen) atoms. The molecule has 0 atom stereocenters. The maximum absolute atomic E-state index is 12.5. The molecule has 0 aliphatic heterocycles. The number of amides is 2. The van der Waals surface area contributed by atoms with Gasteiger partial charge in [0.15, 0.2) is 16.6 Å². The minimum Gasteiger partial charge on any atom is -0.365 e. The van der Waals surface area contributed by atoms with Crippen LogP contribution in [0.15, 0.2) is 18.2 Å². The fourth-order valence-electron chi connectivity index (χ4n) is 2.55. The first kappa shape index (κ1) is 15.2. The van der Waals surface area contributed by atoms with Gasteiger partial charge in [-0.25, -0.2) is 4.98 Å². The molecule has 4 N–H and O–H groups in total. The van der Waals surface area contributed by atoms with E-state index in [1.165, 1.54) is 0 Å². The highest BCUT2D eigenvalue weighted by atomic mass is 32.1. The van der Waals surface area contributed by atoms with E-state index < -0.39 is 5.91 Å². The van der Waals surface area contributed by atoms with E-state index in [0.29, 0.717) is 29.1 Å². The van der Waals surface area contributed by atoms with E-state index in [9.17, 15) is 14.4 Å². The van der Waals surface area contributed by atoms with E-state index in [4.69, 9.17) is 5.73 Å². The van der Waals surface area contributed by atoms with Gasteiger partial charge < -0.3 is 16.4 Å². The van der Waals surface area contributed by atoms with Crippen molar-refractivity contribution in [1.82, 2.24) is 4.98 Å². The third kappa shape index (κ3) is 2.68. The predicted octanol–water partition coefficient (Wildman–Crippen LogP) is 1.66. The number of fused-ring (bicyclic) bond motifs is 1. The molecular formula is C15H14N4O3S. The van der Waals surface area contributed by atoms with Crippen LogP contribution in [0.5, 0.6) is 0 Å². The largest absolute Gasteiger partial charge is 0.365 e. The van der Waals surface area contributed by atoms with Crippen LogP contribution in [-0.2, 0) is 6.42 Å². The summed E-state index contributed by atoms with van der Waals surface area (Å²) in [6, 6.07) is 5.07. The van der Waals surface area contributed by atoms with Gasteiger partial charge in [0.25, 0.3) is 11.8 Å². The Kier molecular flexibility index (Phi) is 3.83. The van der Waals surface area contributed by atoms with Crippen molar-refractivity contribution in [2.45, 2.75) is 12.8 Å². The molecule has 0 bridgehead atoms. The lowest BCUT2D eigenvalue weighted by Gasteiger charge is -2.08. The van der Waals surface area contributed by atoms with Crippen LogP contribution in [0.1, 0.15) is 43.2 Å². The van der Waals surface area contributed by atoms with Gasteiger partial charge >= 0.3 is 0 Å². The zero-order chi connectivity index (χ0) is 16.6. The number of rotatable bonds is 4. The molecule has 2 amide bonds. The molecule has 0 unspecified atom stereocenters. The van der Waals surface area contributed by atoms with Crippen LogP contribution in [0.2, 0.25) is 0 Å². The molecule has 0 fully saturated rings.